The minimum absolute atomic E-state index is 0.0973. The van der Waals surface area contributed by atoms with Crippen molar-refractivity contribution in [3.8, 4) is 6.07 Å². The fourth-order valence-electron chi connectivity index (χ4n) is 1.38. The van der Waals surface area contributed by atoms with Gasteiger partial charge in [-0.05, 0) is 18.6 Å². The van der Waals surface area contributed by atoms with Crippen molar-refractivity contribution < 1.29 is 8.42 Å². The largest absolute Gasteiger partial charge is 0.272 e. The standard InChI is InChI=1S/C10H9ClN4O2S2/c1-6-3-8(18-9(6)11)19(16,17)14-10-7(4-12)5-13-15(10)2/h3,5,14H,1-2H3. The van der Waals surface area contributed by atoms with Crippen LogP contribution < -0.4 is 4.72 Å². The molecule has 0 aliphatic heterocycles. The van der Waals surface area contributed by atoms with Crippen LogP contribution in [0, 0.1) is 18.3 Å². The first-order chi connectivity index (χ1) is 8.85. The molecule has 0 aromatic carbocycles. The number of hydrogen-bond donors (Lipinski definition) is 1. The van der Waals surface area contributed by atoms with Gasteiger partial charge in [-0.1, -0.05) is 11.6 Å². The molecule has 2 aromatic heterocycles. The molecule has 2 heterocycles. The molecule has 2 rings (SSSR count). The van der Waals surface area contributed by atoms with Crippen molar-refractivity contribution in [1.29, 1.82) is 5.26 Å². The Balaban J connectivity index is 2.42. The fraction of sp³-hybridized carbons (Fsp3) is 0.200. The zero-order valence-corrected chi connectivity index (χ0v) is 12.4. The van der Waals surface area contributed by atoms with E-state index in [0.717, 1.165) is 11.3 Å². The number of halogens is 1. The first-order valence-corrected chi connectivity index (χ1v) is 7.74. The molecule has 0 atom stereocenters. The first-order valence-electron chi connectivity index (χ1n) is 5.06. The number of nitriles is 1. The molecule has 0 fully saturated rings. The molecule has 0 spiro atoms. The molecule has 6 nitrogen and oxygen atoms in total. The number of sulfonamides is 1. The molecular weight excluding hydrogens is 308 g/mol. The summed E-state index contributed by atoms with van der Waals surface area (Å²) in [6, 6.07) is 3.36. The first kappa shape index (κ1) is 13.9. The van der Waals surface area contributed by atoms with Crippen LogP contribution in [0.2, 0.25) is 4.34 Å². The molecule has 0 saturated carbocycles. The molecular formula is C10H9ClN4O2S2. The van der Waals surface area contributed by atoms with E-state index in [9.17, 15) is 8.42 Å². The number of aryl methyl sites for hydroxylation is 2. The Bertz CT molecular complexity index is 751. The Morgan fingerprint density at radius 2 is 2.26 bits per heavy atom. The lowest BCUT2D eigenvalue weighted by Crippen LogP contribution is -2.15. The van der Waals surface area contributed by atoms with Crippen molar-refractivity contribution in [3.05, 3.63) is 27.7 Å². The van der Waals surface area contributed by atoms with E-state index in [2.05, 4.69) is 9.82 Å². The Hall–Kier alpha value is -1.56. The molecule has 0 unspecified atom stereocenters. The van der Waals surface area contributed by atoms with E-state index in [1.807, 2.05) is 6.07 Å². The van der Waals surface area contributed by atoms with Crippen LogP contribution in [0.1, 0.15) is 11.1 Å². The lowest BCUT2D eigenvalue weighted by molar-refractivity contribution is 0.602. The van der Waals surface area contributed by atoms with Gasteiger partial charge in [0, 0.05) is 7.05 Å². The van der Waals surface area contributed by atoms with E-state index >= 15 is 0 Å². The van der Waals surface area contributed by atoms with Gasteiger partial charge in [-0.25, -0.2) is 8.42 Å². The van der Waals surface area contributed by atoms with Crippen LogP contribution in [-0.4, -0.2) is 18.2 Å². The normalized spacial score (nSPS) is 11.3. The van der Waals surface area contributed by atoms with Crippen LogP contribution in [0.15, 0.2) is 16.5 Å². The van der Waals surface area contributed by atoms with E-state index in [1.54, 1.807) is 14.0 Å². The summed E-state index contributed by atoms with van der Waals surface area (Å²) in [4.78, 5) is 0. The second-order valence-electron chi connectivity index (χ2n) is 3.77. The Kier molecular flexibility index (Phi) is 3.54. The van der Waals surface area contributed by atoms with Crippen molar-refractivity contribution in [3.63, 3.8) is 0 Å². The van der Waals surface area contributed by atoms with Crippen LogP contribution in [0.3, 0.4) is 0 Å². The molecule has 0 saturated heterocycles. The van der Waals surface area contributed by atoms with Gasteiger partial charge in [0.15, 0.2) is 5.82 Å². The maximum atomic E-state index is 12.2. The fourth-order valence-corrected chi connectivity index (χ4v) is 4.20. The third-order valence-corrected chi connectivity index (χ3v) is 5.76. The van der Waals surface area contributed by atoms with E-state index in [4.69, 9.17) is 16.9 Å². The number of thiophene rings is 1. The molecule has 0 aliphatic rings. The summed E-state index contributed by atoms with van der Waals surface area (Å²) >= 11 is 6.83. The highest BCUT2D eigenvalue weighted by atomic mass is 35.5. The van der Waals surface area contributed by atoms with Crippen LogP contribution in [-0.2, 0) is 17.1 Å². The van der Waals surface area contributed by atoms with Gasteiger partial charge in [0.1, 0.15) is 15.8 Å². The van der Waals surface area contributed by atoms with Crippen LogP contribution in [0.25, 0.3) is 0 Å². The monoisotopic (exact) mass is 316 g/mol. The third kappa shape index (κ3) is 2.58. The Morgan fingerprint density at radius 3 is 2.79 bits per heavy atom. The number of rotatable bonds is 3. The molecule has 1 N–H and O–H groups in total. The van der Waals surface area contributed by atoms with Crippen molar-refractivity contribution in [1.82, 2.24) is 9.78 Å². The van der Waals surface area contributed by atoms with Crippen LogP contribution >= 0.6 is 22.9 Å². The number of anilines is 1. The van der Waals surface area contributed by atoms with Gasteiger partial charge in [-0.2, -0.15) is 10.4 Å². The molecule has 2 aromatic rings. The van der Waals surface area contributed by atoms with E-state index in [-0.39, 0.29) is 15.6 Å². The lowest BCUT2D eigenvalue weighted by atomic mass is 10.4. The van der Waals surface area contributed by atoms with Crippen molar-refractivity contribution in [2.24, 2.45) is 7.05 Å². The third-order valence-electron chi connectivity index (χ3n) is 2.39. The molecule has 0 radical (unpaired) electrons. The van der Waals surface area contributed by atoms with E-state index in [1.165, 1.54) is 16.9 Å². The Labute approximate surface area is 119 Å². The summed E-state index contributed by atoms with van der Waals surface area (Å²) in [6.45, 7) is 1.72. The highest BCUT2D eigenvalue weighted by molar-refractivity contribution is 7.94. The molecule has 0 aliphatic carbocycles. The molecule has 0 bridgehead atoms. The maximum Gasteiger partial charge on any atom is 0.272 e. The summed E-state index contributed by atoms with van der Waals surface area (Å²) in [5.74, 6) is 0.129. The molecule has 9 heteroatoms. The van der Waals surface area contributed by atoms with Crippen LogP contribution in [0.5, 0.6) is 0 Å². The Morgan fingerprint density at radius 1 is 1.58 bits per heavy atom. The van der Waals surface area contributed by atoms with E-state index in [0.29, 0.717) is 9.90 Å². The van der Waals surface area contributed by atoms with Crippen LogP contribution in [0.4, 0.5) is 5.82 Å². The van der Waals surface area contributed by atoms with Gasteiger partial charge in [0.05, 0.1) is 10.5 Å². The predicted octanol–water partition coefficient (Wildman–Crippen LogP) is 2.12. The van der Waals surface area contributed by atoms with Crippen molar-refractivity contribution in [2.45, 2.75) is 11.1 Å². The summed E-state index contributed by atoms with van der Waals surface area (Å²) in [7, 11) is -2.22. The van der Waals surface area contributed by atoms with E-state index < -0.39 is 10.0 Å². The second kappa shape index (κ2) is 4.85. The summed E-state index contributed by atoms with van der Waals surface area (Å²) < 4.78 is 28.5. The quantitative estimate of drug-likeness (QED) is 0.939. The SMILES string of the molecule is Cc1cc(S(=O)(=O)Nc2c(C#N)cnn2C)sc1Cl. The number of nitrogens with zero attached hydrogens (tertiary/aromatic N) is 3. The van der Waals surface area contributed by atoms with Gasteiger partial charge in [0.25, 0.3) is 10.0 Å². The average molecular weight is 317 g/mol. The van der Waals surface area contributed by atoms with Gasteiger partial charge < -0.3 is 0 Å². The minimum atomic E-state index is -3.77. The second-order valence-corrected chi connectivity index (χ2v) is 7.33. The summed E-state index contributed by atoms with van der Waals surface area (Å²) in [5, 5.41) is 12.7. The highest BCUT2D eigenvalue weighted by Crippen LogP contribution is 2.31. The number of nitrogens with one attached hydrogen (secondary N) is 1. The topological polar surface area (TPSA) is 87.8 Å². The maximum absolute atomic E-state index is 12.2. The minimum Gasteiger partial charge on any atom is -0.262 e. The molecule has 100 valence electrons. The zero-order chi connectivity index (χ0) is 14.2. The van der Waals surface area contributed by atoms with Gasteiger partial charge in [-0.15, -0.1) is 11.3 Å². The lowest BCUT2D eigenvalue weighted by Gasteiger charge is -2.06. The van der Waals surface area contributed by atoms with Gasteiger partial charge >= 0.3 is 0 Å². The van der Waals surface area contributed by atoms with Gasteiger partial charge in [-0.3, -0.25) is 9.40 Å². The zero-order valence-electron chi connectivity index (χ0n) is 10.0. The summed E-state index contributed by atoms with van der Waals surface area (Å²) in [6.07, 6.45) is 1.30. The number of hydrogen-bond acceptors (Lipinski definition) is 5. The predicted molar refractivity (Wildman–Crippen MR) is 72.8 cm³/mol. The number of aromatic nitrogens is 2. The average Bonchev–Trinajstić information content (AvgIpc) is 2.85. The van der Waals surface area contributed by atoms with Crippen molar-refractivity contribution in [2.75, 3.05) is 4.72 Å². The highest BCUT2D eigenvalue weighted by Gasteiger charge is 2.21. The molecule has 19 heavy (non-hydrogen) atoms. The van der Waals surface area contributed by atoms with Crippen molar-refractivity contribution >= 4 is 38.8 Å². The summed E-state index contributed by atoms with van der Waals surface area (Å²) in [5.41, 5.74) is 0.850. The van der Waals surface area contributed by atoms with Gasteiger partial charge in [0.2, 0.25) is 0 Å². The molecule has 0 amide bonds. The smallest absolute Gasteiger partial charge is 0.262 e.